The molecule has 11 heteroatoms. The molecule has 0 bridgehead atoms. The lowest BCUT2D eigenvalue weighted by Gasteiger charge is -2.15. The third-order valence-corrected chi connectivity index (χ3v) is 4.27. The molecule has 0 unspecified atom stereocenters. The summed E-state index contributed by atoms with van der Waals surface area (Å²) in [6, 6.07) is 8.83. The first-order chi connectivity index (χ1) is 15.0. The van der Waals surface area contributed by atoms with E-state index in [1.54, 1.807) is 54.7 Å². The predicted molar refractivity (Wildman–Crippen MR) is 113 cm³/mol. The Morgan fingerprint density at radius 1 is 1.13 bits per heavy atom. The largest absolute Gasteiger partial charge is 0.494 e. The van der Waals surface area contributed by atoms with E-state index in [1.807, 2.05) is 6.07 Å². The molecule has 0 spiro atoms. The van der Waals surface area contributed by atoms with Crippen LogP contribution < -0.4 is 15.4 Å². The summed E-state index contributed by atoms with van der Waals surface area (Å²) in [5.41, 5.74) is 1.77. The molecule has 3 N–H and O–H groups in total. The SMILES string of the molecule is COc1c(Nc2nc(Nc3ccncc3)ncc2C(=O)O)cccc1-c1ncn(C)n1. The molecule has 0 saturated heterocycles. The summed E-state index contributed by atoms with van der Waals surface area (Å²) >= 11 is 0. The van der Waals surface area contributed by atoms with Crippen molar-refractivity contribution in [1.29, 1.82) is 0 Å². The van der Waals surface area contributed by atoms with E-state index in [0.717, 1.165) is 0 Å². The number of pyridine rings is 1. The van der Waals surface area contributed by atoms with Gasteiger partial charge < -0.3 is 20.5 Å². The van der Waals surface area contributed by atoms with Crippen LogP contribution >= 0.6 is 0 Å². The molecule has 1 aromatic carbocycles. The molecule has 4 rings (SSSR count). The number of hydrogen-bond acceptors (Lipinski definition) is 9. The Balaban J connectivity index is 1.72. The fraction of sp³-hybridized carbons (Fsp3) is 0.100. The molecule has 0 saturated carbocycles. The molecule has 31 heavy (non-hydrogen) atoms. The zero-order chi connectivity index (χ0) is 21.8. The van der Waals surface area contributed by atoms with Crippen molar-refractivity contribution in [3.8, 4) is 17.1 Å². The first kappa shape index (κ1) is 19.8. The van der Waals surface area contributed by atoms with Crippen molar-refractivity contribution < 1.29 is 14.6 Å². The lowest BCUT2D eigenvalue weighted by Crippen LogP contribution is -2.09. The zero-order valence-corrected chi connectivity index (χ0v) is 16.6. The molecule has 156 valence electrons. The van der Waals surface area contributed by atoms with Crippen LogP contribution in [0.4, 0.5) is 23.1 Å². The standard InChI is InChI=1S/C20H18N8O3/c1-28-11-23-17(27-28)13-4-3-5-15(16(13)31-2)25-18-14(19(29)30)10-22-20(26-18)24-12-6-8-21-9-7-12/h3-11H,1-2H3,(H,29,30)(H2,21,22,24,25,26). The number of anilines is 4. The number of carboxylic acids is 1. The maximum Gasteiger partial charge on any atom is 0.341 e. The summed E-state index contributed by atoms with van der Waals surface area (Å²) in [5.74, 6) is 0.0830. The van der Waals surface area contributed by atoms with Gasteiger partial charge in [0.1, 0.15) is 11.9 Å². The van der Waals surface area contributed by atoms with E-state index in [4.69, 9.17) is 4.74 Å². The van der Waals surface area contributed by atoms with Gasteiger partial charge in [0, 0.05) is 31.3 Å². The molecule has 0 radical (unpaired) electrons. The van der Waals surface area contributed by atoms with Crippen LogP contribution in [0.25, 0.3) is 11.4 Å². The van der Waals surface area contributed by atoms with Crippen LogP contribution in [0.15, 0.2) is 55.2 Å². The second-order valence-electron chi connectivity index (χ2n) is 6.38. The number of aryl methyl sites for hydroxylation is 1. The number of ether oxygens (including phenoxy) is 1. The van der Waals surface area contributed by atoms with Gasteiger partial charge in [0.15, 0.2) is 17.4 Å². The number of hydrogen-bond donors (Lipinski definition) is 3. The molecule has 0 aliphatic carbocycles. The van der Waals surface area contributed by atoms with E-state index in [9.17, 15) is 9.90 Å². The molecule has 0 amide bonds. The van der Waals surface area contributed by atoms with Gasteiger partial charge in [-0.1, -0.05) is 6.07 Å². The highest BCUT2D eigenvalue weighted by atomic mass is 16.5. The average Bonchev–Trinajstić information content (AvgIpc) is 3.20. The van der Waals surface area contributed by atoms with Crippen molar-refractivity contribution >= 4 is 29.1 Å². The van der Waals surface area contributed by atoms with Gasteiger partial charge in [-0.3, -0.25) is 9.67 Å². The minimum atomic E-state index is -1.17. The van der Waals surface area contributed by atoms with Crippen LogP contribution in [-0.2, 0) is 7.05 Å². The number of carboxylic acid groups (broad SMARTS) is 1. The second kappa shape index (κ2) is 8.45. The van der Waals surface area contributed by atoms with Gasteiger partial charge in [-0.25, -0.2) is 14.8 Å². The van der Waals surface area contributed by atoms with Crippen LogP contribution in [-0.4, -0.2) is 47.9 Å². The summed E-state index contributed by atoms with van der Waals surface area (Å²) in [6.45, 7) is 0. The number of aromatic nitrogens is 6. The van der Waals surface area contributed by atoms with Crippen LogP contribution in [0, 0.1) is 0 Å². The van der Waals surface area contributed by atoms with E-state index in [0.29, 0.717) is 28.5 Å². The number of carbonyl (C=O) groups is 1. The van der Waals surface area contributed by atoms with Gasteiger partial charge in [0.05, 0.1) is 18.4 Å². The molecule has 0 aliphatic heterocycles. The smallest absolute Gasteiger partial charge is 0.341 e. The lowest BCUT2D eigenvalue weighted by atomic mass is 10.1. The molecule has 4 aromatic rings. The monoisotopic (exact) mass is 418 g/mol. The summed E-state index contributed by atoms with van der Waals surface area (Å²) in [5, 5.41) is 20.0. The van der Waals surface area contributed by atoms with Crippen molar-refractivity contribution in [3.05, 3.63) is 60.8 Å². The van der Waals surface area contributed by atoms with E-state index < -0.39 is 5.97 Å². The van der Waals surface area contributed by atoms with Gasteiger partial charge >= 0.3 is 5.97 Å². The summed E-state index contributed by atoms with van der Waals surface area (Å²) in [6.07, 6.45) is 6.06. The quantitative estimate of drug-likeness (QED) is 0.410. The Kier molecular flexibility index (Phi) is 5.39. The average molecular weight is 418 g/mol. The highest BCUT2D eigenvalue weighted by molar-refractivity contribution is 5.94. The van der Waals surface area contributed by atoms with Gasteiger partial charge in [-0.05, 0) is 24.3 Å². The van der Waals surface area contributed by atoms with Gasteiger partial charge in [0.2, 0.25) is 5.95 Å². The van der Waals surface area contributed by atoms with Crippen molar-refractivity contribution in [2.24, 2.45) is 7.05 Å². The highest BCUT2D eigenvalue weighted by Crippen LogP contribution is 2.36. The summed E-state index contributed by atoms with van der Waals surface area (Å²) in [7, 11) is 3.28. The first-order valence-electron chi connectivity index (χ1n) is 9.12. The fourth-order valence-electron chi connectivity index (χ4n) is 2.88. The van der Waals surface area contributed by atoms with Gasteiger partial charge in [-0.15, -0.1) is 0 Å². The van der Waals surface area contributed by atoms with Crippen LogP contribution in [0.5, 0.6) is 5.75 Å². The van der Waals surface area contributed by atoms with Crippen LogP contribution in [0.2, 0.25) is 0 Å². The number of methoxy groups -OCH3 is 1. The van der Waals surface area contributed by atoms with Crippen molar-refractivity contribution in [1.82, 2.24) is 29.7 Å². The van der Waals surface area contributed by atoms with Crippen molar-refractivity contribution in [2.75, 3.05) is 17.7 Å². The topological polar surface area (TPSA) is 140 Å². The third-order valence-electron chi connectivity index (χ3n) is 4.27. The first-order valence-corrected chi connectivity index (χ1v) is 9.12. The van der Waals surface area contributed by atoms with E-state index in [1.165, 1.54) is 13.3 Å². The summed E-state index contributed by atoms with van der Waals surface area (Å²) in [4.78, 5) is 28.4. The van der Waals surface area contributed by atoms with E-state index in [-0.39, 0.29) is 17.3 Å². The Morgan fingerprint density at radius 3 is 2.61 bits per heavy atom. The molecule has 0 atom stereocenters. The molecular formula is C20H18N8O3. The van der Waals surface area contributed by atoms with Crippen molar-refractivity contribution in [3.63, 3.8) is 0 Å². The molecule has 11 nitrogen and oxygen atoms in total. The molecule has 0 aliphatic rings. The number of nitrogens with one attached hydrogen (secondary N) is 2. The lowest BCUT2D eigenvalue weighted by molar-refractivity contribution is 0.0697. The van der Waals surface area contributed by atoms with Gasteiger partial charge in [0.25, 0.3) is 0 Å². The Bertz CT molecular complexity index is 1230. The number of aromatic carboxylic acids is 1. The molecule has 3 heterocycles. The minimum absolute atomic E-state index is 0.0938. The number of rotatable bonds is 7. The number of benzene rings is 1. The maximum atomic E-state index is 11.7. The Morgan fingerprint density at radius 2 is 1.94 bits per heavy atom. The number of para-hydroxylation sites is 1. The van der Waals surface area contributed by atoms with Crippen LogP contribution in [0.1, 0.15) is 10.4 Å². The third kappa shape index (κ3) is 4.24. The van der Waals surface area contributed by atoms with Crippen LogP contribution in [0.3, 0.4) is 0 Å². The molecular weight excluding hydrogens is 400 g/mol. The zero-order valence-electron chi connectivity index (χ0n) is 16.6. The van der Waals surface area contributed by atoms with Crippen molar-refractivity contribution in [2.45, 2.75) is 0 Å². The minimum Gasteiger partial charge on any atom is -0.494 e. The van der Waals surface area contributed by atoms with Gasteiger partial charge in [-0.2, -0.15) is 10.1 Å². The maximum absolute atomic E-state index is 11.7. The Labute approximate surface area is 176 Å². The second-order valence-corrected chi connectivity index (χ2v) is 6.38. The fourth-order valence-corrected chi connectivity index (χ4v) is 2.88. The normalized spacial score (nSPS) is 10.5. The highest BCUT2D eigenvalue weighted by Gasteiger charge is 2.19. The van der Waals surface area contributed by atoms with E-state index >= 15 is 0 Å². The predicted octanol–water partition coefficient (Wildman–Crippen LogP) is 2.86. The Hall–Kier alpha value is -4.54. The van der Waals surface area contributed by atoms with E-state index in [2.05, 4.69) is 35.7 Å². The summed E-state index contributed by atoms with van der Waals surface area (Å²) < 4.78 is 7.16. The molecule has 0 fully saturated rings. The number of nitrogens with zero attached hydrogens (tertiary/aromatic N) is 6. The molecule has 3 aromatic heterocycles.